The summed E-state index contributed by atoms with van der Waals surface area (Å²) in [7, 11) is 2.85. The first-order valence-corrected chi connectivity index (χ1v) is 8.11. The van der Waals surface area contributed by atoms with Crippen molar-refractivity contribution in [2.24, 2.45) is 5.92 Å². The number of methoxy groups -OCH3 is 2. The molecule has 2 aromatic rings. The highest BCUT2D eigenvalue weighted by Gasteiger charge is 2.44. The monoisotopic (exact) mass is 363 g/mol. The third-order valence-corrected chi connectivity index (χ3v) is 4.51. The molecule has 26 heavy (non-hydrogen) atoms. The van der Waals surface area contributed by atoms with Crippen molar-refractivity contribution in [3.05, 3.63) is 53.1 Å². The molecule has 0 aromatic heterocycles. The van der Waals surface area contributed by atoms with Crippen molar-refractivity contribution in [1.82, 2.24) is 5.32 Å². The smallest absolute Gasteiger partial charge is 0.224 e. The quantitative estimate of drug-likeness (QED) is 0.828. The van der Waals surface area contributed by atoms with Crippen molar-refractivity contribution in [2.45, 2.75) is 18.9 Å². The van der Waals surface area contributed by atoms with Crippen molar-refractivity contribution < 1.29 is 28.2 Å². The van der Waals surface area contributed by atoms with Crippen LogP contribution < -0.4 is 14.8 Å². The Hall–Kier alpha value is -2.83. The Labute approximate surface area is 149 Å². The van der Waals surface area contributed by atoms with Gasteiger partial charge in [0.2, 0.25) is 11.7 Å². The highest BCUT2D eigenvalue weighted by atomic mass is 19.2. The van der Waals surface area contributed by atoms with Crippen LogP contribution in [-0.4, -0.2) is 25.2 Å². The molecule has 0 aliphatic heterocycles. The van der Waals surface area contributed by atoms with Gasteiger partial charge in [0.25, 0.3) is 0 Å². The van der Waals surface area contributed by atoms with E-state index in [2.05, 4.69) is 5.32 Å². The Balaban J connectivity index is 1.62. The first kappa shape index (κ1) is 18.0. The number of ether oxygens (including phenoxy) is 2. The molecule has 138 valence electrons. The lowest BCUT2D eigenvalue weighted by Crippen LogP contribution is -2.24. The second-order valence-electron chi connectivity index (χ2n) is 6.19. The van der Waals surface area contributed by atoms with Crippen LogP contribution in [0.3, 0.4) is 0 Å². The summed E-state index contributed by atoms with van der Waals surface area (Å²) < 4.78 is 36.5. The summed E-state index contributed by atoms with van der Waals surface area (Å²) in [6.45, 7) is 0.229. The van der Waals surface area contributed by atoms with Gasteiger partial charge >= 0.3 is 0 Å². The van der Waals surface area contributed by atoms with Gasteiger partial charge < -0.3 is 19.9 Å². The minimum atomic E-state index is -0.906. The van der Waals surface area contributed by atoms with E-state index in [1.165, 1.54) is 20.3 Å². The van der Waals surface area contributed by atoms with Crippen LogP contribution in [0.4, 0.5) is 8.78 Å². The molecule has 2 atom stereocenters. The van der Waals surface area contributed by atoms with Gasteiger partial charge in [-0.15, -0.1) is 0 Å². The van der Waals surface area contributed by atoms with Crippen LogP contribution in [0, 0.1) is 17.6 Å². The van der Waals surface area contributed by atoms with E-state index in [9.17, 15) is 18.7 Å². The molecule has 0 spiro atoms. The van der Waals surface area contributed by atoms with Gasteiger partial charge in [0, 0.05) is 12.5 Å². The molecule has 2 N–H and O–H groups in total. The maximum absolute atomic E-state index is 13.3. The first-order valence-electron chi connectivity index (χ1n) is 8.11. The van der Waals surface area contributed by atoms with E-state index in [1.807, 2.05) is 0 Å². The number of hydrogen-bond acceptors (Lipinski definition) is 4. The van der Waals surface area contributed by atoms with E-state index in [4.69, 9.17) is 9.47 Å². The number of phenols is 1. The molecule has 0 bridgehead atoms. The highest BCUT2D eigenvalue weighted by Crippen LogP contribution is 2.47. The van der Waals surface area contributed by atoms with Crippen molar-refractivity contribution in [3.8, 4) is 17.2 Å². The summed E-state index contributed by atoms with van der Waals surface area (Å²) in [5.74, 6) is -1.94. The summed E-state index contributed by atoms with van der Waals surface area (Å²) in [5, 5.41) is 12.7. The van der Waals surface area contributed by atoms with Crippen molar-refractivity contribution >= 4 is 5.91 Å². The summed E-state index contributed by atoms with van der Waals surface area (Å²) in [5.41, 5.74) is 1.33. The Morgan fingerprint density at radius 1 is 1.15 bits per heavy atom. The molecular weight excluding hydrogens is 344 g/mol. The van der Waals surface area contributed by atoms with E-state index in [-0.39, 0.29) is 41.5 Å². The number of aromatic hydroxyl groups is 1. The van der Waals surface area contributed by atoms with Gasteiger partial charge in [0.05, 0.1) is 14.2 Å². The minimum Gasteiger partial charge on any atom is -0.502 e. The summed E-state index contributed by atoms with van der Waals surface area (Å²) in [6, 6.07) is 6.94. The molecule has 1 aliphatic rings. The molecule has 3 rings (SSSR count). The Morgan fingerprint density at radius 3 is 2.38 bits per heavy atom. The third kappa shape index (κ3) is 3.56. The molecule has 1 amide bonds. The number of phenolic OH excluding ortho intramolecular Hbond substituents is 1. The average Bonchev–Trinajstić information content (AvgIpc) is 3.43. The molecule has 0 heterocycles. The number of nitrogens with one attached hydrogen (secondary N) is 1. The predicted octanol–water partition coefficient (Wildman–Crippen LogP) is 3.11. The predicted molar refractivity (Wildman–Crippen MR) is 90.3 cm³/mol. The van der Waals surface area contributed by atoms with E-state index in [1.54, 1.807) is 12.1 Å². The van der Waals surface area contributed by atoms with Gasteiger partial charge in [-0.3, -0.25) is 4.79 Å². The fourth-order valence-electron chi connectivity index (χ4n) is 2.97. The zero-order valence-corrected chi connectivity index (χ0v) is 14.4. The first-order chi connectivity index (χ1) is 12.4. The summed E-state index contributed by atoms with van der Waals surface area (Å²) in [4.78, 5) is 12.3. The lowest BCUT2D eigenvalue weighted by Gasteiger charge is -2.12. The SMILES string of the molecule is COc1cc(CNC(=O)C2CC2c2ccc(F)c(F)c2)cc(OC)c1O. The number of halogens is 2. The number of amides is 1. The maximum Gasteiger partial charge on any atom is 0.224 e. The highest BCUT2D eigenvalue weighted by molar-refractivity contribution is 5.82. The van der Waals surface area contributed by atoms with E-state index in [0.717, 1.165) is 12.1 Å². The van der Waals surface area contributed by atoms with Gasteiger partial charge in [0.1, 0.15) is 0 Å². The second kappa shape index (κ2) is 7.19. The summed E-state index contributed by atoms with van der Waals surface area (Å²) >= 11 is 0. The lowest BCUT2D eigenvalue weighted by molar-refractivity contribution is -0.122. The minimum absolute atomic E-state index is 0.103. The largest absolute Gasteiger partial charge is 0.502 e. The van der Waals surface area contributed by atoms with Crippen LogP contribution in [0.15, 0.2) is 30.3 Å². The lowest BCUT2D eigenvalue weighted by atomic mass is 10.1. The van der Waals surface area contributed by atoms with Crippen LogP contribution in [0.2, 0.25) is 0 Å². The fraction of sp³-hybridized carbons (Fsp3) is 0.316. The van der Waals surface area contributed by atoms with Crippen LogP contribution in [0.5, 0.6) is 17.2 Å². The van der Waals surface area contributed by atoms with Crippen LogP contribution in [0.25, 0.3) is 0 Å². The van der Waals surface area contributed by atoms with E-state index >= 15 is 0 Å². The standard InChI is InChI=1S/C19H19F2NO4/c1-25-16-5-10(6-17(26-2)18(16)23)9-22-19(24)13-8-12(13)11-3-4-14(20)15(21)7-11/h3-7,12-13,23H,8-9H2,1-2H3,(H,22,24). The number of carbonyl (C=O) groups is 1. The number of rotatable bonds is 6. The second-order valence-corrected chi connectivity index (χ2v) is 6.19. The van der Waals surface area contributed by atoms with Gasteiger partial charge in [-0.05, 0) is 47.7 Å². The third-order valence-electron chi connectivity index (χ3n) is 4.51. The molecule has 7 heteroatoms. The van der Waals surface area contributed by atoms with E-state index in [0.29, 0.717) is 17.5 Å². The maximum atomic E-state index is 13.3. The van der Waals surface area contributed by atoms with Gasteiger partial charge in [0.15, 0.2) is 23.1 Å². The zero-order chi connectivity index (χ0) is 18.8. The Bertz CT molecular complexity index is 815. The summed E-state index contributed by atoms with van der Waals surface area (Å²) in [6.07, 6.45) is 0.596. The van der Waals surface area contributed by atoms with Crippen molar-refractivity contribution in [1.29, 1.82) is 0 Å². The molecule has 2 unspecified atom stereocenters. The van der Waals surface area contributed by atoms with Crippen LogP contribution in [-0.2, 0) is 11.3 Å². The number of benzene rings is 2. The number of carbonyl (C=O) groups excluding carboxylic acids is 1. The van der Waals surface area contributed by atoms with E-state index < -0.39 is 11.6 Å². The normalized spacial score (nSPS) is 18.3. The molecule has 1 saturated carbocycles. The zero-order valence-electron chi connectivity index (χ0n) is 14.4. The van der Waals surface area contributed by atoms with Gasteiger partial charge in [-0.1, -0.05) is 6.07 Å². The fourth-order valence-corrected chi connectivity index (χ4v) is 2.97. The van der Waals surface area contributed by atoms with Crippen molar-refractivity contribution in [2.75, 3.05) is 14.2 Å². The van der Waals surface area contributed by atoms with Crippen LogP contribution >= 0.6 is 0 Å². The Kier molecular flexibility index (Phi) is 4.97. The molecular formula is C19H19F2NO4. The van der Waals surface area contributed by atoms with Crippen molar-refractivity contribution in [3.63, 3.8) is 0 Å². The molecule has 2 aromatic carbocycles. The molecule has 0 saturated heterocycles. The Morgan fingerprint density at radius 2 is 1.81 bits per heavy atom. The van der Waals surface area contributed by atoms with Gasteiger partial charge in [-0.25, -0.2) is 8.78 Å². The topological polar surface area (TPSA) is 67.8 Å². The van der Waals surface area contributed by atoms with Gasteiger partial charge in [-0.2, -0.15) is 0 Å². The molecule has 5 nitrogen and oxygen atoms in total. The molecule has 0 radical (unpaired) electrons. The average molecular weight is 363 g/mol. The molecule has 1 fully saturated rings. The number of hydrogen-bond donors (Lipinski definition) is 2. The molecule has 1 aliphatic carbocycles. The van der Waals surface area contributed by atoms with Crippen LogP contribution in [0.1, 0.15) is 23.5 Å².